The van der Waals surface area contributed by atoms with E-state index < -0.39 is 6.67 Å². The van der Waals surface area contributed by atoms with Gasteiger partial charge in [-0.1, -0.05) is 0 Å². The maximum atomic E-state index is 12.4. The van der Waals surface area contributed by atoms with Crippen molar-refractivity contribution in [3.63, 3.8) is 0 Å². The molecule has 0 fully saturated rings. The van der Waals surface area contributed by atoms with E-state index in [-0.39, 0.29) is 12.5 Å². The average molecular weight is 370 g/mol. The maximum absolute atomic E-state index is 12.4. The van der Waals surface area contributed by atoms with Crippen LogP contribution in [-0.2, 0) is 6.54 Å². The number of rotatable bonds is 6. The standard InChI is InChI=1S/C19H23FN6O/c1-12-7-16-17(22-8-12)14(19(27)21-6-5-20)9-26(16)10-15-13(2)18(25(3)4)24-11-23-15/h7-9,11H,5-6,10H2,1-4H3,(H,21,27). The molecule has 27 heavy (non-hydrogen) atoms. The van der Waals surface area contributed by atoms with E-state index in [1.54, 1.807) is 18.7 Å². The number of fused-ring (bicyclic) bond motifs is 1. The second-order valence-electron chi connectivity index (χ2n) is 6.66. The summed E-state index contributed by atoms with van der Waals surface area (Å²) in [4.78, 5) is 27.5. The number of pyridine rings is 1. The summed E-state index contributed by atoms with van der Waals surface area (Å²) >= 11 is 0. The Morgan fingerprint density at radius 2 is 2.04 bits per heavy atom. The number of aryl methyl sites for hydroxylation is 1. The molecule has 7 nitrogen and oxygen atoms in total. The monoisotopic (exact) mass is 370 g/mol. The number of halogens is 1. The molecule has 0 aliphatic heterocycles. The Bertz CT molecular complexity index is 982. The molecule has 0 saturated heterocycles. The van der Waals surface area contributed by atoms with Gasteiger partial charge >= 0.3 is 0 Å². The summed E-state index contributed by atoms with van der Waals surface area (Å²) in [5.74, 6) is 0.521. The fourth-order valence-electron chi connectivity index (χ4n) is 3.07. The van der Waals surface area contributed by atoms with Gasteiger partial charge in [0.25, 0.3) is 5.91 Å². The van der Waals surface area contributed by atoms with Crippen LogP contribution in [0.3, 0.4) is 0 Å². The number of anilines is 1. The molecule has 0 aromatic carbocycles. The second-order valence-corrected chi connectivity index (χ2v) is 6.66. The first kappa shape index (κ1) is 18.8. The van der Waals surface area contributed by atoms with Crippen LogP contribution in [0.2, 0.25) is 0 Å². The van der Waals surface area contributed by atoms with Gasteiger partial charge in [-0.2, -0.15) is 0 Å². The Labute approximate surface area is 157 Å². The fourth-order valence-corrected chi connectivity index (χ4v) is 3.07. The molecule has 3 aromatic rings. The lowest BCUT2D eigenvalue weighted by molar-refractivity contribution is 0.0952. The molecule has 0 unspecified atom stereocenters. The van der Waals surface area contributed by atoms with Crippen LogP contribution in [0.1, 0.15) is 27.2 Å². The van der Waals surface area contributed by atoms with Crippen molar-refractivity contribution >= 4 is 22.8 Å². The highest BCUT2D eigenvalue weighted by Crippen LogP contribution is 2.23. The van der Waals surface area contributed by atoms with Gasteiger partial charge in [-0.3, -0.25) is 9.78 Å². The first-order chi connectivity index (χ1) is 12.9. The van der Waals surface area contributed by atoms with Crippen LogP contribution in [0.4, 0.5) is 10.2 Å². The zero-order valence-electron chi connectivity index (χ0n) is 16.0. The van der Waals surface area contributed by atoms with Crippen LogP contribution in [0.15, 0.2) is 24.8 Å². The van der Waals surface area contributed by atoms with Gasteiger partial charge in [0.05, 0.1) is 23.3 Å². The van der Waals surface area contributed by atoms with E-state index in [4.69, 9.17) is 0 Å². The van der Waals surface area contributed by atoms with Crippen molar-refractivity contribution in [2.24, 2.45) is 0 Å². The molecule has 8 heteroatoms. The molecule has 1 amide bonds. The Balaban J connectivity index is 2.06. The Hall–Kier alpha value is -3.03. The number of aromatic nitrogens is 4. The maximum Gasteiger partial charge on any atom is 0.255 e. The normalized spacial score (nSPS) is 11.0. The van der Waals surface area contributed by atoms with E-state index in [1.165, 1.54) is 0 Å². The fraction of sp³-hybridized carbons (Fsp3) is 0.368. The summed E-state index contributed by atoms with van der Waals surface area (Å²) in [5, 5.41) is 2.57. The quantitative estimate of drug-likeness (QED) is 0.720. The van der Waals surface area contributed by atoms with E-state index in [0.29, 0.717) is 17.6 Å². The average Bonchev–Trinajstić information content (AvgIpc) is 2.99. The lowest BCUT2D eigenvalue weighted by atomic mass is 10.2. The van der Waals surface area contributed by atoms with Gasteiger partial charge in [0.2, 0.25) is 0 Å². The zero-order chi connectivity index (χ0) is 19.6. The molecule has 0 radical (unpaired) electrons. The number of carbonyl (C=O) groups excluding carboxylic acids is 1. The van der Waals surface area contributed by atoms with Crippen molar-refractivity contribution in [3.8, 4) is 0 Å². The summed E-state index contributed by atoms with van der Waals surface area (Å²) < 4.78 is 14.4. The van der Waals surface area contributed by atoms with Crippen LogP contribution in [-0.4, -0.2) is 52.7 Å². The van der Waals surface area contributed by atoms with Gasteiger partial charge < -0.3 is 14.8 Å². The van der Waals surface area contributed by atoms with Crippen molar-refractivity contribution in [2.75, 3.05) is 32.2 Å². The van der Waals surface area contributed by atoms with Gasteiger partial charge in [-0.15, -0.1) is 0 Å². The van der Waals surface area contributed by atoms with E-state index >= 15 is 0 Å². The number of hydrogen-bond acceptors (Lipinski definition) is 5. The minimum atomic E-state index is -0.607. The van der Waals surface area contributed by atoms with Crippen LogP contribution in [0.5, 0.6) is 0 Å². The van der Waals surface area contributed by atoms with Gasteiger partial charge in [0.1, 0.15) is 24.3 Å². The molecule has 0 aliphatic rings. The molecular formula is C19H23FN6O. The number of nitrogens with zero attached hydrogens (tertiary/aromatic N) is 5. The number of nitrogens with one attached hydrogen (secondary N) is 1. The molecule has 0 spiro atoms. The van der Waals surface area contributed by atoms with Crippen LogP contribution in [0, 0.1) is 13.8 Å². The number of hydrogen-bond donors (Lipinski definition) is 1. The molecular weight excluding hydrogens is 347 g/mol. The zero-order valence-corrected chi connectivity index (χ0v) is 16.0. The minimum absolute atomic E-state index is 0.0193. The Morgan fingerprint density at radius 3 is 2.74 bits per heavy atom. The second kappa shape index (κ2) is 7.69. The van der Waals surface area contributed by atoms with E-state index in [2.05, 4.69) is 20.3 Å². The van der Waals surface area contributed by atoms with Crippen LogP contribution < -0.4 is 10.2 Å². The van der Waals surface area contributed by atoms with Gasteiger partial charge in [0.15, 0.2) is 0 Å². The third-order valence-corrected chi connectivity index (χ3v) is 4.38. The largest absolute Gasteiger partial charge is 0.362 e. The molecule has 142 valence electrons. The molecule has 0 saturated carbocycles. The van der Waals surface area contributed by atoms with Gasteiger partial charge in [-0.05, 0) is 25.5 Å². The van der Waals surface area contributed by atoms with Crippen molar-refractivity contribution in [3.05, 3.63) is 47.2 Å². The van der Waals surface area contributed by atoms with E-state index in [0.717, 1.165) is 28.2 Å². The number of carbonyl (C=O) groups is 1. The van der Waals surface area contributed by atoms with Crippen molar-refractivity contribution < 1.29 is 9.18 Å². The molecule has 0 atom stereocenters. The first-order valence-electron chi connectivity index (χ1n) is 8.69. The molecule has 3 heterocycles. The van der Waals surface area contributed by atoms with Gasteiger partial charge in [0, 0.05) is 38.6 Å². The predicted octanol–water partition coefficient (Wildman–Crippen LogP) is 2.26. The Kier molecular flexibility index (Phi) is 5.34. The lowest BCUT2D eigenvalue weighted by Gasteiger charge is -2.16. The third kappa shape index (κ3) is 3.74. The SMILES string of the molecule is Cc1cnc2c(C(=O)NCCF)cn(Cc3ncnc(N(C)C)c3C)c2c1. The Morgan fingerprint density at radius 1 is 1.26 bits per heavy atom. The topological polar surface area (TPSA) is 75.9 Å². The molecule has 1 N–H and O–H groups in total. The summed E-state index contributed by atoms with van der Waals surface area (Å²) in [6, 6.07) is 1.98. The molecule has 0 aliphatic carbocycles. The van der Waals surface area contributed by atoms with E-state index in [1.807, 2.05) is 43.5 Å². The molecule has 3 rings (SSSR count). The van der Waals surface area contributed by atoms with Crippen LogP contribution >= 0.6 is 0 Å². The molecule has 3 aromatic heterocycles. The van der Waals surface area contributed by atoms with Gasteiger partial charge in [-0.25, -0.2) is 14.4 Å². The van der Waals surface area contributed by atoms with Crippen molar-refractivity contribution in [1.82, 2.24) is 24.8 Å². The minimum Gasteiger partial charge on any atom is -0.362 e. The van der Waals surface area contributed by atoms with Crippen molar-refractivity contribution in [1.29, 1.82) is 0 Å². The lowest BCUT2D eigenvalue weighted by Crippen LogP contribution is -2.25. The third-order valence-electron chi connectivity index (χ3n) is 4.38. The highest BCUT2D eigenvalue weighted by atomic mass is 19.1. The summed E-state index contributed by atoms with van der Waals surface area (Å²) in [6.07, 6.45) is 5.02. The van der Waals surface area contributed by atoms with Crippen molar-refractivity contribution in [2.45, 2.75) is 20.4 Å². The summed E-state index contributed by atoms with van der Waals surface area (Å²) in [5.41, 5.74) is 4.70. The number of alkyl halides is 1. The summed E-state index contributed by atoms with van der Waals surface area (Å²) in [6.45, 7) is 3.79. The van der Waals surface area contributed by atoms with Crippen LogP contribution in [0.25, 0.3) is 11.0 Å². The highest BCUT2D eigenvalue weighted by molar-refractivity contribution is 6.05. The summed E-state index contributed by atoms with van der Waals surface area (Å²) in [7, 11) is 3.87. The first-order valence-corrected chi connectivity index (χ1v) is 8.69. The number of amides is 1. The highest BCUT2D eigenvalue weighted by Gasteiger charge is 2.18. The predicted molar refractivity (Wildman–Crippen MR) is 103 cm³/mol. The molecule has 0 bridgehead atoms. The smallest absolute Gasteiger partial charge is 0.255 e. The van der Waals surface area contributed by atoms with E-state index in [9.17, 15) is 9.18 Å².